The number of nitrogens with zero attached hydrogens (tertiary/aromatic N) is 1. The van der Waals surface area contributed by atoms with Crippen molar-refractivity contribution in [3.05, 3.63) is 0 Å². The van der Waals surface area contributed by atoms with Crippen LogP contribution in [0.2, 0.25) is 0 Å². The van der Waals surface area contributed by atoms with Crippen molar-refractivity contribution >= 4 is 0 Å². The Balaban J connectivity index is 1.74. The highest BCUT2D eigenvalue weighted by molar-refractivity contribution is 4.74. The van der Waals surface area contributed by atoms with E-state index in [2.05, 4.69) is 12.2 Å². The third kappa shape index (κ3) is 2.31. The minimum Gasteiger partial charge on any atom is -0.242 e. The highest BCUT2D eigenvalue weighted by atomic mass is 14.9. The fourth-order valence-electron chi connectivity index (χ4n) is 0.732. The fraction of sp³-hybridized carbons (Fsp3) is 1.00. The molecule has 1 nitrogen and oxygen atoms in total. The van der Waals surface area contributed by atoms with Crippen molar-refractivity contribution < 1.29 is 0 Å². The van der Waals surface area contributed by atoms with Gasteiger partial charge < -0.3 is 0 Å². The Hall–Kier alpha value is -0.0400. The maximum atomic E-state index is 4.35. The van der Waals surface area contributed by atoms with Crippen LogP contribution in [0.1, 0.15) is 26.2 Å². The van der Waals surface area contributed by atoms with E-state index in [-0.39, 0.29) is 0 Å². The van der Waals surface area contributed by atoms with Gasteiger partial charge >= 0.3 is 0 Å². The Labute approximate surface area is 51.5 Å². The minimum absolute atomic E-state index is 0.988. The van der Waals surface area contributed by atoms with Crippen LogP contribution in [0.15, 0.2) is 0 Å². The van der Waals surface area contributed by atoms with Gasteiger partial charge in [-0.15, -0.1) is 0 Å². The van der Waals surface area contributed by atoms with Gasteiger partial charge in [0.1, 0.15) is 0 Å². The average Bonchev–Trinajstić information content (AvgIpc) is 2.51. The lowest BCUT2D eigenvalue weighted by molar-refractivity contribution is 0.618. The molecule has 0 aromatic rings. The third-order valence-corrected chi connectivity index (χ3v) is 1.47. The Morgan fingerprint density at radius 1 is 1.50 bits per heavy atom. The first kappa shape index (κ1) is 6.09. The van der Waals surface area contributed by atoms with Crippen LogP contribution in [-0.4, -0.2) is 13.1 Å². The molecule has 0 spiro atoms. The van der Waals surface area contributed by atoms with Crippen LogP contribution >= 0.6 is 0 Å². The molecule has 0 saturated heterocycles. The van der Waals surface area contributed by atoms with Gasteiger partial charge in [-0.05, 0) is 25.2 Å². The summed E-state index contributed by atoms with van der Waals surface area (Å²) in [5, 5.41) is 4.35. The van der Waals surface area contributed by atoms with Crippen LogP contribution in [-0.2, 0) is 0 Å². The maximum Gasteiger partial charge on any atom is 0.0161 e. The first-order valence-corrected chi connectivity index (χ1v) is 3.56. The first-order chi connectivity index (χ1) is 3.93. The molecule has 0 heterocycles. The Kier molecular flexibility index (Phi) is 2.34. The van der Waals surface area contributed by atoms with Gasteiger partial charge in [-0.3, -0.25) is 0 Å². The molecule has 1 radical (unpaired) electrons. The number of hydrogen-bond donors (Lipinski definition) is 0. The predicted molar refractivity (Wildman–Crippen MR) is 34.9 cm³/mol. The van der Waals surface area contributed by atoms with Gasteiger partial charge in [0.15, 0.2) is 0 Å². The molecule has 0 N–H and O–H groups in total. The molecule has 0 atom stereocenters. The molecule has 0 unspecified atom stereocenters. The smallest absolute Gasteiger partial charge is 0.0161 e. The molecule has 0 aromatic heterocycles. The second-order valence-corrected chi connectivity index (χ2v) is 2.57. The third-order valence-electron chi connectivity index (χ3n) is 1.47. The molecule has 1 fully saturated rings. The zero-order chi connectivity index (χ0) is 5.82. The molecular weight excluding hydrogens is 98.1 g/mol. The summed E-state index contributed by atoms with van der Waals surface area (Å²) in [4.78, 5) is 0. The highest BCUT2D eigenvalue weighted by Crippen LogP contribution is 2.27. The normalized spacial score (nSPS) is 19.1. The van der Waals surface area contributed by atoms with E-state index < -0.39 is 0 Å². The second kappa shape index (κ2) is 3.08. The molecule has 47 valence electrons. The Bertz CT molecular complexity index is 57.4. The van der Waals surface area contributed by atoms with Crippen LogP contribution in [0.3, 0.4) is 0 Å². The van der Waals surface area contributed by atoms with Crippen molar-refractivity contribution in [1.29, 1.82) is 0 Å². The molecular formula is C7H14N. The van der Waals surface area contributed by atoms with Gasteiger partial charge in [-0.25, -0.2) is 5.32 Å². The van der Waals surface area contributed by atoms with E-state index in [0.29, 0.717) is 0 Å². The molecule has 0 aromatic carbocycles. The number of rotatable bonds is 4. The van der Waals surface area contributed by atoms with E-state index >= 15 is 0 Å². The second-order valence-electron chi connectivity index (χ2n) is 2.57. The summed E-state index contributed by atoms with van der Waals surface area (Å²) in [6, 6.07) is 0. The van der Waals surface area contributed by atoms with Gasteiger partial charge in [0.25, 0.3) is 0 Å². The van der Waals surface area contributed by atoms with Crippen molar-refractivity contribution in [1.82, 2.24) is 5.32 Å². The molecule has 1 heteroatoms. The molecule has 1 aliphatic carbocycles. The summed E-state index contributed by atoms with van der Waals surface area (Å²) in [5.74, 6) is 0.988. The van der Waals surface area contributed by atoms with E-state index in [4.69, 9.17) is 0 Å². The molecule has 1 aliphatic rings. The maximum absolute atomic E-state index is 4.35. The van der Waals surface area contributed by atoms with Crippen LogP contribution < -0.4 is 5.32 Å². The SMILES string of the molecule is CCC[N]CC1CC1. The number of hydrogen-bond acceptors (Lipinski definition) is 0. The van der Waals surface area contributed by atoms with Crippen molar-refractivity contribution in [2.24, 2.45) is 5.92 Å². The lowest BCUT2D eigenvalue weighted by Gasteiger charge is -1.94. The zero-order valence-electron chi connectivity index (χ0n) is 5.56. The Morgan fingerprint density at radius 3 is 2.75 bits per heavy atom. The van der Waals surface area contributed by atoms with Gasteiger partial charge in [-0.1, -0.05) is 6.92 Å². The lowest BCUT2D eigenvalue weighted by Crippen LogP contribution is -2.08. The fourth-order valence-corrected chi connectivity index (χ4v) is 0.732. The summed E-state index contributed by atoms with van der Waals surface area (Å²) < 4.78 is 0. The van der Waals surface area contributed by atoms with Crippen LogP contribution in [0.25, 0.3) is 0 Å². The van der Waals surface area contributed by atoms with Crippen LogP contribution in [0, 0.1) is 5.92 Å². The van der Waals surface area contributed by atoms with E-state index in [9.17, 15) is 0 Å². The Morgan fingerprint density at radius 2 is 2.25 bits per heavy atom. The summed E-state index contributed by atoms with van der Waals surface area (Å²) in [6.45, 7) is 4.40. The lowest BCUT2D eigenvalue weighted by atomic mass is 10.4. The monoisotopic (exact) mass is 112 g/mol. The molecule has 8 heavy (non-hydrogen) atoms. The summed E-state index contributed by atoms with van der Waals surface area (Å²) >= 11 is 0. The highest BCUT2D eigenvalue weighted by Gasteiger charge is 2.20. The van der Waals surface area contributed by atoms with Gasteiger partial charge in [-0.2, -0.15) is 0 Å². The molecule has 1 rings (SSSR count). The van der Waals surface area contributed by atoms with Gasteiger partial charge in [0.05, 0.1) is 0 Å². The standard InChI is InChI=1S/C7H14N/c1-2-5-8-6-7-3-4-7/h7H,2-6H2,1H3. The van der Waals surface area contributed by atoms with Gasteiger partial charge in [0.2, 0.25) is 0 Å². The topological polar surface area (TPSA) is 14.1 Å². The zero-order valence-corrected chi connectivity index (χ0v) is 5.56. The molecule has 0 bridgehead atoms. The van der Waals surface area contributed by atoms with E-state index in [1.165, 1.54) is 19.3 Å². The van der Waals surface area contributed by atoms with E-state index in [0.717, 1.165) is 19.0 Å². The quantitative estimate of drug-likeness (QED) is 0.488. The first-order valence-electron chi connectivity index (χ1n) is 3.56. The molecule has 0 aliphatic heterocycles. The minimum atomic E-state index is 0.988. The van der Waals surface area contributed by atoms with E-state index in [1.54, 1.807) is 0 Å². The largest absolute Gasteiger partial charge is 0.242 e. The molecule has 1 saturated carbocycles. The van der Waals surface area contributed by atoms with E-state index in [1.807, 2.05) is 0 Å². The summed E-state index contributed by atoms with van der Waals surface area (Å²) in [5.41, 5.74) is 0. The summed E-state index contributed by atoms with van der Waals surface area (Å²) in [6.07, 6.45) is 4.09. The summed E-state index contributed by atoms with van der Waals surface area (Å²) in [7, 11) is 0. The molecule has 0 amide bonds. The average molecular weight is 112 g/mol. The van der Waals surface area contributed by atoms with Crippen molar-refractivity contribution in [2.45, 2.75) is 26.2 Å². The van der Waals surface area contributed by atoms with Crippen LogP contribution in [0.4, 0.5) is 0 Å². The van der Waals surface area contributed by atoms with Crippen molar-refractivity contribution in [3.8, 4) is 0 Å². The van der Waals surface area contributed by atoms with Crippen molar-refractivity contribution in [2.75, 3.05) is 13.1 Å². The van der Waals surface area contributed by atoms with Gasteiger partial charge in [0, 0.05) is 13.1 Å². The predicted octanol–water partition coefficient (Wildman–Crippen LogP) is 1.41. The van der Waals surface area contributed by atoms with Crippen molar-refractivity contribution in [3.63, 3.8) is 0 Å². The van der Waals surface area contributed by atoms with Crippen LogP contribution in [0.5, 0.6) is 0 Å².